The van der Waals surface area contributed by atoms with E-state index in [9.17, 15) is 4.79 Å². The first kappa shape index (κ1) is 21.5. The summed E-state index contributed by atoms with van der Waals surface area (Å²) in [6, 6.07) is 14.1. The molecular weight excluding hydrogens is 427 g/mol. The number of fused-ring (bicyclic) bond motifs is 2. The number of halogens is 1. The van der Waals surface area contributed by atoms with Crippen LogP contribution in [-0.4, -0.2) is 39.7 Å². The van der Waals surface area contributed by atoms with E-state index in [1.165, 1.54) is 25.7 Å². The SMILES string of the molecule is Cn1cc(-c2ccc(CN3C(=O)C4(CCN(C5CCCC5)CC4)c4ccccc43)c(F)c2)cn1. The summed E-state index contributed by atoms with van der Waals surface area (Å²) < 4.78 is 16.9. The minimum absolute atomic E-state index is 0.135. The molecule has 6 heteroatoms. The van der Waals surface area contributed by atoms with Gasteiger partial charge >= 0.3 is 0 Å². The van der Waals surface area contributed by atoms with Crippen LogP contribution in [0.15, 0.2) is 54.9 Å². The second-order valence-electron chi connectivity index (χ2n) is 10.2. The Bertz CT molecular complexity index is 1220. The molecule has 2 fully saturated rings. The summed E-state index contributed by atoms with van der Waals surface area (Å²) in [4.78, 5) is 18.4. The van der Waals surface area contributed by atoms with Crippen molar-refractivity contribution in [3.05, 3.63) is 71.8 Å². The predicted molar refractivity (Wildman–Crippen MR) is 131 cm³/mol. The Labute approximate surface area is 200 Å². The number of amides is 1. The van der Waals surface area contributed by atoms with Crippen molar-refractivity contribution >= 4 is 11.6 Å². The molecule has 1 aliphatic carbocycles. The van der Waals surface area contributed by atoms with E-state index in [4.69, 9.17) is 0 Å². The second kappa shape index (κ2) is 8.35. The highest BCUT2D eigenvalue weighted by molar-refractivity contribution is 6.08. The molecular formula is C28H31FN4O. The molecule has 2 aromatic carbocycles. The van der Waals surface area contributed by atoms with Crippen LogP contribution in [0.3, 0.4) is 0 Å². The van der Waals surface area contributed by atoms with Crippen molar-refractivity contribution in [1.82, 2.24) is 14.7 Å². The van der Waals surface area contributed by atoms with Crippen molar-refractivity contribution in [1.29, 1.82) is 0 Å². The first-order valence-electron chi connectivity index (χ1n) is 12.5. The van der Waals surface area contributed by atoms with Crippen LogP contribution < -0.4 is 4.90 Å². The molecule has 0 N–H and O–H groups in total. The molecule has 0 unspecified atom stereocenters. The largest absolute Gasteiger partial charge is 0.307 e. The van der Waals surface area contributed by atoms with Crippen LogP contribution in [0.1, 0.15) is 49.7 Å². The van der Waals surface area contributed by atoms with Gasteiger partial charge in [-0.3, -0.25) is 9.48 Å². The van der Waals surface area contributed by atoms with Crippen molar-refractivity contribution in [2.45, 2.75) is 56.5 Å². The zero-order valence-corrected chi connectivity index (χ0v) is 19.7. The van der Waals surface area contributed by atoms with Gasteiger partial charge in [-0.1, -0.05) is 43.2 Å². The molecule has 5 nitrogen and oxygen atoms in total. The molecule has 2 aliphatic heterocycles. The lowest BCUT2D eigenvalue weighted by Crippen LogP contribution is -2.50. The van der Waals surface area contributed by atoms with Gasteiger partial charge in [-0.25, -0.2) is 4.39 Å². The van der Waals surface area contributed by atoms with Gasteiger partial charge in [0.1, 0.15) is 5.82 Å². The summed E-state index contributed by atoms with van der Waals surface area (Å²) in [5.41, 5.74) is 3.80. The minimum atomic E-state index is -0.474. The zero-order valence-electron chi connectivity index (χ0n) is 19.7. The van der Waals surface area contributed by atoms with Crippen LogP contribution in [0.25, 0.3) is 11.1 Å². The third kappa shape index (κ3) is 3.47. The monoisotopic (exact) mass is 458 g/mol. The summed E-state index contributed by atoms with van der Waals surface area (Å²) in [5, 5.41) is 4.18. The Morgan fingerprint density at radius 3 is 2.53 bits per heavy atom. The zero-order chi connectivity index (χ0) is 23.3. The van der Waals surface area contributed by atoms with Gasteiger partial charge in [0.05, 0.1) is 18.2 Å². The molecule has 0 radical (unpaired) electrons. The number of carbonyl (C=O) groups excluding carboxylic acids is 1. The van der Waals surface area contributed by atoms with Gasteiger partial charge in [0.15, 0.2) is 0 Å². The first-order valence-corrected chi connectivity index (χ1v) is 12.5. The molecule has 3 aliphatic rings. The number of hydrogen-bond donors (Lipinski definition) is 0. The van der Waals surface area contributed by atoms with E-state index in [1.54, 1.807) is 23.0 Å². The van der Waals surface area contributed by atoms with Crippen molar-refractivity contribution in [3.8, 4) is 11.1 Å². The maximum absolute atomic E-state index is 15.2. The van der Waals surface area contributed by atoms with E-state index in [0.29, 0.717) is 11.6 Å². The molecule has 3 aromatic rings. The summed E-state index contributed by atoms with van der Waals surface area (Å²) >= 11 is 0. The van der Waals surface area contributed by atoms with Gasteiger partial charge in [-0.2, -0.15) is 5.10 Å². The summed E-state index contributed by atoms with van der Waals surface area (Å²) in [7, 11) is 1.85. The first-order chi connectivity index (χ1) is 16.5. The number of piperidine rings is 1. The van der Waals surface area contributed by atoms with Crippen LogP contribution in [0.4, 0.5) is 10.1 Å². The van der Waals surface area contributed by atoms with E-state index in [2.05, 4.69) is 16.1 Å². The fourth-order valence-corrected chi connectivity index (χ4v) is 6.37. The molecule has 34 heavy (non-hydrogen) atoms. The molecule has 1 amide bonds. The normalized spacial score (nSPS) is 20.4. The van der Waals surface area contributed by atoms with E-state index in [-0.39, 0.29) is 18.3 Å². The lowest BCUT2D eigenvalue weighted by Gasteiger charge is -2.41. The second-order valence-corrected chi connectivity index (χ2v) is 10.2. The number of carbonyl (C=O) groups is 1. The number of aryl methyl sites for hydroxylation is 1. The number of benzene rings is 2. The molecule has 1 aromatic heterocycles. The summed E-state index contributed by atoms with van der Waals surface area (Å²) in [5.74, 6) is -0.154. The average Bonchev–Trinajstić information content (AvgIpc) is 3.59. The molecule has 176 valence electrons. The third-order valence-electron chi connectivity index (χ3n) is 8.28. The van der Waals surface area contributed by atoms with Crippen molar-refractivity contribution in [2.24, 2.45) is 7.05 Å². The molecule has 1 spiro atoms. The van der Waals surface area contributed by atoms with E-state index < -0.39 is 5.41 Å². The van der Waals surface area contributed by atoms with E-state index in [1.807, 2.05) is 42.4 Å². The quantitative estimate of drug-likeness (QED) is 0.550. The highest BCUT2D eigenvalue weighted by atomic mass is 19.1. The van der Waals surface area contributed by atoms with Crippen LogP contribution in [0.2, 0.25) is 0 Å². The smallest absolute Gasteiger partial charge is 0.238 e. The number of para-hydroxylation sites is 1. The lowest BCUT2D eigenvalue weighted by atomic mass is 9.73. The average molecular weight is 459 g/mol. The Morgan fingerprint density at radius 2 is 1.82 bits per heavy atom. The van der Waals surface area contributed by atoms with Crippen molar-refractivity contribution < 1.29 is 9.18 Å². The van der Waals surface area contributed by atoms with Gasteiger partial charge in [0, 0.05) is 36.1 Å². The number of nitrogens with zero attached hydrogens (tertiary/aromatic N) is 4. The molecule has 0 atom stereocenters. The predicted octanol–water partition coefficient (Wildman–Crippen LogP) is 5.05. The highest BCUT2D eigenvalue weighted by Gasteiger charge is 2.52. The molecule has 3 heterocycles. The maximum Gasteiger partial charge on any atom is 0.238 e. The Balaban J connectivity index is 1.26. The Kier molecular flexibility index (Phi) is 5.29. The number of likely N-dealkylation sites (tertiary alicyclic amines) is 1. The minimum Gasteiger partial charge on any atom is -0.307 e. The number of anilines is 1. The van der Waals surface area contributed by atoms with Gasteiger partial charge < -0.3 is 9.80 Å². The van der Waals surface area contributed by atoms with Crippen LogP contribution in [0.5, 0.6) is 0 Å². The lowest BCUT2D eigenvalue weighted by molar-refractivity contribution is -0.125. The van der Waals surface area contributed by atoms with Crippen LogP contribution in [0, 0.1) is 5.82 Å². The van der Waals surface area contributed by atoms with Crippen LogP contribution >= 0.6 is 0 Å². The van der Waals surface area contributed by atoms with Crippen molar-refractivity contribution in [2.75, 3.05) is 18.0 Å². The van der Waals surface area contributed by atoms with Gasteiger partial charge in [0.2, 0.25) is 5.91 Å². The van der Waals surface area contributed by atoms with Crippen LogP contribution in [-0.2, 0) is 23.8 Å². The Morgan fingerprint density at radius 1 is 1.06 bits per heavy atom. The van der Waals surface area contributed by atoms with Gasteiger partial charge in [-0.05, 0) is 62.0 Å². The highest BCUT2D eigenvalue weighted by Crippen LogP contribution is 2.49. The molecule has 6 rings (SSSR count). The summed E-state index contributed by atoms with van der Waals surface area (Å²) in [6.07, 6.45) is 10.5. The van der Waals surface area contributed by atoms with E-state index in [0.717, 1.165) is 48.3 Å². The number of hydrogen-bond acceptors (Lipinski definition) is 3. The summed E-state index contributed by atoms with van der Waals surface area (Å²) in [6.45, 7) is 2.18. The topological polar surface area (TPSA) is 41.4 Å². The number of aromatic nitrogens is 2. The fraction of sp³-hybridized carbons (Fsp3) is 0.429. The van der Waals surface area contributed by atoms with E-state index >= 15 is 4.39 Å². The van der Waals surface area contributed by atoms with Gasteiger partial charge in [-0.15, -0.1) is 0 Å². The van der Waals surface area contributed by atoms with Crippen molar-refractivity contribution in [3.63, 3.8) is 0 Å². The third-order valence-corrected chi connectivity index (χ3v) is 8.28. The standard InChI is InChI=1S/C28H31FN4O/c1-31-18-22(17-30-31)20-10-11-21(25(29)16-20)19-33-26-9-5-4-8-24(26)28(27(33)34)12-14-32(15-13-28)23-6-2-3-7-23/h4-5,8-11,16-18,23H,2-3,6-7,12-15,19H2,1H3. The molecule has 1 saturated heterocycles. The fourth-order valence-electron chi connectivity index (χ4n) is 6.37. The maximum atomic E-state index is 15.2. The molecule has 1 saturated carbocycles. The Hall–Kier alpha value is -2.99. The van der Waals surface area contributed by atoms with Gasteiger partial charge in [0.25, 0.3) is 0 Å². The number of rotatable bonds is 4. The molecule has 0 bridgehead atoms.